The monoisotopic (exact) mass is 427 g/mol. The Labute approximate surface area is 175 Å². The molecule has 0 aliphatic heterocycles. The van der Waals surface area contributed by atoms with Gasteiger partial charge in [-0.25, -0.2) is 18.2 Å². The summed E-state index contributed by atoms with van der Waals surface area (Å²) in [7, 11) is -3.24. The van der Waals surface area contributed by atoms with Crippen LogP contribution in [0.2, 0.25) is 0 Å². The van der Waals surface area contributed by atoms with Crippen LogP contribution >= 0.6 is 0 Å². The van der Waals surface area contributed by atoms with Gasteiger partial charge in [0.15, 0.2) is 9.84 Å². The van der Waals surface area contributed by atoms with E-state index in [9.17, 15) is 13.2 Å². The minimum absolute atomic E-state index is 0.0896. The van der Waals surface area contributed by atoms with Gasteiger partial charge in [-0.1, -0.05) is 37.8 Å². The SMILES string of the molecule is CS(=O)(=O)c1ccc(C(CC2CCCC2)c2cc3cc(NC(=O)O)cnc3[nH]2)cc1. The average Bonchev–Trinajstić information content (AvgIpc) is 3.34. The molecule has 1 fully saturated rings. The van der Waals surface area contributed by atoms with Crippen LogP contribution in [0.15, 0.2) is 47.5 Å². The number of pyridine rings is 1. The first-order chi connectivity index (χ1) is 14.3. The second-order valence-electron chi connectivity index (χ2n) is 8.10. The van der Waals surface area contributed by atoms with E-state index < -0.39 is 15.9 Å². The van der Waals surface area contributed by atoms with Gasteiger partial charge in [-0.2, -0.15) is 0 Å². The van der Waals surface area contributed by atoms with Gasteiger partial charge in [0.25, 0.3) is 0 Å². The predicted octanol–water partition coefficient (Wildman–Crippen LogP) is 4.77. The van der Waals surface area contributed by atoms with Gasteiger partial charge in [0.05, 0.1) is 16.8 Å². The topological polar surface area (TPSA) is 112 Å². The lowest BCUT2D eigenvalue weighted by Crippen LogP contribution is -2.08. The standard InChI is InChI=1S/C22H25N3O4S/c1-30(28,29)18-8-6-15(7-9-18)19(10-14-4-2-3-5-14)20-12-16-11-17(24-22(26)27)13-23-21(16)25-20/h6-9,11-14,19,24H,2-5,10H2,1H3,(H,23,25)(H,26,27). The van der Waals surface area contributed by atoms with E-state index in [1.165, 1.54) is 38.1 Å². The summed E-state index contributed by atoms with van der Waals surface area (Å²) in [6.07, 6.45) is 7.48. The van der Waals surface area contributed by atoms with Crippen LogP contribution in [-0.2, 0) is 9.84 Å². The highest BCUT2D eigenvalue weighted by molar-refractivity contribution is 7.90. The molecule has 4 rings (SSSR count). The van der Waals surface area contributed by atoms with Crippen LogP contribution in [0.1, 0.15) is 49.3 Å². The lowest BCUT2D eigenvalue weighted by atomic mass is 9.85. The zero-order valence-corrected chi connectivity index (χ0v) is 17.6. The van der Waals surface area contributed by atoms with Crippen LogP contribution in [0.3, 0.4) is 0 Å². The average molecular weight is 428 g/mol. The van der Waals surface area contributed by atoms with Crippen molar-refractivity contribution in [1.82, 2.24) is 9.97 Å². The Kier molecular flexibility index (Phi) is 5.51. The smallest absolute Gasteiger partial charge is 0.409 e. The number of sulfone groups is 1. The minimum atomic E-state index is -3.24. The van der Waals surface area contributed by atoms with Crippen molar-refractivity contribution in [2.24, 2.45) is 5.92 Å². The van der Waals surface area contributed by atoms with E-state index in [1.54, 1.807) is 18.2 Å². The summed E-state index contributed by atoms with van der Waals surface area (Å²) in [5.74, 6) is 0.722. The second kappa shape index (κ2) is 8.10. The molecule has 1 aliphatic carbocycles. The van der Waals surface area contributed by atoms with Gasteiger partial charge >= 0.3 is 6.09 Å². The molecule has 1 aromatic carbocycles. The molecule has 2 heterocycles. The fraction of sp³-hybridized carbons (Fsp3) is 0.364. The molecule has 0 saturated heterocycles. The number of anilines is 1. The maximum Gasteiger partial charge on any atom is 0.409 e. The molecule has 1 amide bonds. The van der Waals surface area contributed by atoms with Gasteiger partial charge < -0.3 is 10.1 Å². The Morgan fingerprint density at radius 3 is 2.57 bits per heavy atom. The number of carboxylic acid groups (broad SMARTS) is 1. The van der Waals surface area contributed by atoms with Crippen molar-refractivity contribution in [1.29, 1.82) is 0 Å². The summed E-state index contributed by atoms with van der Waals surface area (Å²) in [6.45, 7) is 0. The van der Waals surface area contributed by atoms with Crippen LogP contribution in [0.4, 0.5) is 10.5 Å². The number of nitrogens with one attached hydrogen (secondary N) is 2. The van der Waals surface area contributed by atoms with E-state index >= 15 is 0 Å². The number of benzene rings is 1. The van der Waals surface area contributed by atoms with Crippen molar-refractivity contribution in [3.05, 3.63) is 53.9 Å². The Balaban J connectivity index is 1.70. The number of hydrogen-bond acceptors (Lipinski definition) is 4. The van der Waals surface area contributed by atoms with Crippen molar-refractivity contribution in [2.75, 3.05) is 11.6 Å². The van der Waals surface area contributed by atoms with E-state index in [2.05, 4.69) is 15.3 Å². The molecule has 2 aromatic heterocycles. The van der Waals surface area contributed by atoms with Crippen LogP contribution in [-0.4, -0.2) is 35.8 Å². The van der Waals surface area contributed by atoms with Gasteiger partial charge in [-0.3, -0.25) is 5.32 Å². The molecular formula is C22H25N3O4S. The zero-order chi connectivity index (χ0) is 21.3. The Morgan fingerprint density at radius 2 is 1.93 bits per heavy atom. The molecule has 158 valence electrons. The summed E-state index contributed by atoms with van der Waals surface area (Å²) in [6, 6.07) is 10.9. The number of carbonyl (C=O) groups is 1. The zero-order valence-electron chi connectivity index (χ0n) is 16.8. The normalized spacial score (nSPS) is 16.0. The fourth-order valence-electron chi connectivity index (χ4n) is 4.39. The Morgan fingerprint density at radius 1 is 1.23 bits per heavy atom. The maximum atomic E-state index is 11.8. The summed E-state index contributed by atoms with van der Waals surface area (Å²) in [5.41, 5.74) is 3.18. The number of rotatable bonds is 6. The highest BCUT2D eigenvalue weighted by Crippen LogP contribution is 2.38. The molecule has 0 spiro atoms. The van der Waals surface area contributed by atoms with Crippen molar-refractivity contribution in [3.63, 3.8) is 0 Å². The van der Waals surface area contributed by atoms with Gasteiger partial charge in [-0.15, -0.1) is 0 Å². The first-order valence-electron chi connectivity index (χ1n) is 10.1. The molecule has 7 nitrogen and oxygen atoms in total. The number of amides is 1. The van der Waals surface area contributed by atoms with Gasteiger partial charge in [0, 0.05) is 23.3 Å². The van der Waals surface area contributed by atoms with E-state index in [0.29, 0.717) is 22.1 Å². The lowest BCUT2D eigenvalue weighted by molar-refractivity contribution is 0.209. The minimum Gasteiger partial charge on any atom is -0.465 e. The van der Waals surface area contributed by atoms with E-state index in [1.807, 2.05) is 18.2 Å². The van der Waals surface area contributed by atoms with Crippen molar-refractivity contribution in [3.8, 4) is 0 Å². The highest BCUT2D eigenvalue weighted by Gasteiger charge is 2.24. The van der Waals surface area contributed by atoms with Crippen LogP contribution in [0.25, 0.3) is 11.0 Å². The highest BCUT2D eigenvalue weighted by atomic mass is 32.2. The van der Waals surface area contributed by atoms with Gasteiger partial charge in [0.1, 0.15) is 5.65 Å². The summed E-state index contributed by atoms with van der Waals surface area (Å²) < 4.78 is 23.7. The number of aromatic nitrogens is 2. The maximum absolute atomic E-state index is 11.8. The molecule has 1 saturated carbocycles. The second-order valence-corrected chi connectivity index (χ2v) is 10.1. The Hall–Kier alpha value is -2.87. The predicted molar refractivity (Wildman–Crippen MR) is 116 cm³/mol. The molecule has 1 aliphatic rings. The molecule has 0 radical (unpaired) electrons. The third-order valence-electron chi connectivity index (χ3n) is 5.87. The van der Waals surface area contributed by atoms with E-state index in [-0.39, 0.29) is 5.92 Å². The van der Waals surface area contributed by atoms with Crippen LogP contribution in [0.5, 0.6) is 0 Å². The molecular weight excluding hydrogens is 402 g/mol. The van der Waals surface area contributed by atoms with Crippen LogP contribution < -0.4 is 5.32 Å². The first-order valence-corrected chi connectivity index (χ1v) is 12.0. The molecule has 3 N–H and O–H groups in total. The van der Waals surface area contributed by atoms with Crippen molar-refractivity contribution < 1.29 is 18.3 Å². The Bertz CT molecular complexity index is 1160. The summed E-state index contributed by atoms with van der Waals surface area (Å²) in [5, 5.41) is 12.1. The number of fused-ring (bicyclic) bond motifs is 1. The van der Waals surface area contributed by atoms with E-state index in [0.717, 1.165) is 23.1 Å². The molecule has 30 heavy (non-hydrogen) atoms. The fourth-order valence-corrected chi connectivity index (χ4v) is 5.02. The molecule has 1 unspecified atom stereocenters. The largest absolute Gasteiger partial charge is 0.465 e. The number of H-pyrrole nitrogens is 1. The third-order valence-corrected chi connectivity index (χ3v) is 7.00. The summed E-state index contributed by atoms with van der Waals surface area (Å²) in [4.78, 5) is 19.0. The quantitative estimate of drug-likeness (QED) is 0.525. The van der Waals surface area contributed by atoms with E-state index in [4.69, 9.17) is 5.11 Å². The molecule has 8 heteroatoms. The number of aromatic amines is 1. The van der Waals surface area contributed by atoms with Gasteiger partial charge in [0.2, 0.25) is 0 Å². The molecule has 1 atom stereocenters. The van der Waals surface area contributed by atoms with Gasteiger partial charge in [-0.05, 0) is 42.2 Å². The number of hydrogen-bond donors (Lipinski definition) is 3. The third kappa shape index (κ3) is 4.48. The molecule has 3 aromatic rings. The molecule has 0 bridgehead atoms. The lowest BCUT2D eigenvalue weighted by Gasteiger charge is -2.20. The summed E-state index contributed by atoms with van der Waals surface area (Å²) >= 11 is 0. The van der Waals surface area contributed by atoms with Crippen molar-refractivity contribution in [2.45, 2.75) is 42.9 Å². The number of nitrogens with zero attached hydrogens (tertiary/aromatic N) is 1. The first kappa shape index (κ1) is 20.4. The van der Waals surface area contributed by atoms with Crippen LogP contribution in [0, 0.1) is 5.92 Å². The van der Waals surface area contributed by atoms with Crippen molar-refractivity contribution >= 4 is 32.7 Å².